The molecule has 0 saturated heterocycles. The van der Waals surface area contributed by atoms with Gasteiger partial charge in [-0.1, -0.05) is 12.1 Å². The van der Waals surface area contributed by atoms with Gasteiger partial charge >= 0.3 is 0 Å². The number of pyridine rings is 1. The van der Waals surface area contributed by atoms with Gasteiger partial charge in [0.15, 0.2) is 0 Å². The fourth-order valence-corrected chi connectivity index (χ4v) is 2.24. The van der Waals surface area contributed by atoms with Crippen LogP contribution in [0.4, 0.5) is 0 Å². The van der Waals surface area contributed by atoms with Crippen molar-refractivity contribution in [1.82, 2.24) is 9.88 Å². The van der Waals surface area contributed by atoms with Gasteiger partial charge in [-0.3, -0.25) is 9.59 Å². The van der Waals surface area contributed by atoms with Crippen molar-refractivity contribution in [2.75, 3.05) is 14.2 Å². The topological polar surface area (TPSA) is 62.4 Å². The number of hydrogen-bond donors (Lipinski definition) is 1. The number of carbonyl (C=O) groups excluding carboxylic acids is 1. The number of hydrogen-bond acceptors (Lipinski definition) is 3. The number of H-pyrrole nitrogens is 1. The molecule has 0 fully saturated rings. The molecule has 6 heteroatoms. The molecule has 0 radical (unpaired) electrons. The Morgan fingerprint density at radius 2 is 2.00 bits per heavy atom. The Morgan fingerprint density at radius 3 is 2.62 bits per heavy atom. The molecule has 0 saturated carbocycles. The summed E-state index contributed by atoms with van der Waals surface area (Å²) in [6.07, 6.45) is 1.50. The van der Waals surface area contributed by atoms with Crippen molar-refractivity contribution in [3.05, 3.63) is 62.5 Å². The van der Waals surface area contributed by atoms with E-state index in [9.17, 15) is 9.59 Å². The number of nitrogens with one attached hydrogen (secondary N) is 1. The Labute approximate surface area is 130 Å². The molecule has 2 aromatic rings. The summed E-state index contributed by atoms with van der Waals surface area (Å²) in [6, 6.07) is 8.95. The number of aromatic amines is 1. The van der Waals surface area contributed by atoms with Crippen molar-refractivity contribution >= 4 is 21.8 Å². The highest BCUT2D eigenvalue weighted by Gasteiger charge is 2.16. The van der Waals surface area contributed by atoms with E-state index < -0.39 is 5.56 Å². The zero-order chi connectivity index (χ0) is 15.4. The quantitative estimate of drug-likeness (QED) is 0.920. The highest BCUT2D eigenvalue weighted by Crippen LogP contribution is 2.14. The maximum atomic E-state index is 12.3. The molecule has 1 N–H and O–H groups in total. The molecule has 1 heterocycles. The largest absolute Gasteiger partial charge is 0.497 e. The minimum Gasteiger partial charge on any atom is -0.497 e. The summed E-state index contributed by atoms with van der Waals surface area (Å²) in [4.78, 5) is 28.0. The lowest BCUT2D eigenvalue weighted by atomic mass is 10.2. The first kappa shape index (κ1) is 15.3. The molecule has 0 unspecified atom stereocenters. The third-order valence-electron chi connectivity index (χ3n) is 3.02. The van der Waals surface area contributed by atoms with E-state index in [1.165, 1.54) is 17.2 Å². The number of ether oxygens (including phenoxy) is 1. The third-order valence-corrected chi connectivity index (χ3v) is 3.48. The van der Waals surface area contributed by atoms with Crippen LogP contribution in [0.3, 0.4) is 0 Å². The Balaban J connectivity index is 2.15. The Hall–Kier alpha value is -2.08. The predicted octanol–water partition coefficient (Wildman–Crippen LogP) is 2.42. The van der Waals surface area contributed by atoms with Gasteiger partial charge in [-0.2, -0.15) is 0 Å². The maximum absolute atomic E-state index is 12.3. The number of methoxy groups -OCH3 is 1. The fraction of sp³-hybridized carbons (Fsp3) is 0.200. The minimum atomic E-state index is -0.398. The third kappa shape index (κ3) is 3.72. The number of nitrogens with zero attached hydrogens (tertiary/aromatic N) is 1. The lowest BCUT2D eigenvalue weighted by molar-refractivity contribution is 0.0783. The van der Waals surface area contributed by atoms with E-state index in [1.807, 2.05) is 24.3 Å². The van der Waals surface area contributed by atoms with Crippen LogP contribution in [0, 0.1) is 0 Å². The van der Waals surface area contributed by atoms with Gasteiger partial charge in [0.1, 0.15) is 11.3 Å². The molecule has 21 heavy (non-hydrogen) atoms. The summed E-state index contributed by atoms with van der Waals surface area (Å²) < 4.78 is 5.74. The maximum Gasteiger partial charge on any atom is 0.260 e. The van der Waals surface area contributed by atoms with E-state index in [1.54, 1.807) is 14.2 Å². The molecule has 1 aromatic carbocycles. The van der Waals surface area contributed by atoms with Crippen LogP contribution in [-0.2, 0) is 6.54 Å². The standard InChI is InChI=1S/C15H15BrN2O3/c1-18(9-10-3-5-12(21-2)6-4-10)15(20)13-7-11(16)8-17-14(13)19/h3-8H,9H2,1-2H3,(H,17,19). The second-order valence-corrected chi connectivity index (χ2v) is 5.49. The van der Waals surface area contributed by atoms with Crippen molar-refractivity contribution in [2.45, 2.75) is 6.54 Å². The monoisotopic (exact) mass is 350 g/mol. The number of benzene rings is 1. The van der Waals surface area contributed by atoms with Gasteiger partial charge in [-0.15, -0.1) is 0 Å². The van der Waals surface area contributed by atoms with Gasteiger partial charge in [0.2, 0.25) is 0 Å². The second-order valence-electron chi connectivity index (χ2n) is 4.57. The van der Waals surface area contributed by atoms with E-state index in [2.05, 4.69) is 20.9 Å². The molecule has 0 aliphatic carbocycles. The van der Waals surface area contributed by atoms with Crippen LogP contribution in [0.2, 0.25) is 0 Å². The summed E-state index contributed by atoms with van der Waals surface area (Å²) in [5, 5.41) is 0. The molecule has 0 aliphatic heterocycles. The van der Waals surface area contributed by atoms with Crippen LogP contribution in [0.25, 0.3) is 0 Å². The molecule has 1 aromatic heterocycles. The SMILES string of the molecule is COc1ccc(CN(C)C(=O)c2cc(Br)c[nH]c2=O)cc1. The van der Waals surface area contributed by atoms with Gasteiger partial charge in [-0.05, 0) is 39.7 Å². The average Bonchev–Trinajstić information content (AvgIpc) is 2.49. The van der Waals surface area contributed by atoms with Crippen LogP contribution < -0.4 is 10.3 Å². The van der Waals surface area contributed by atoms with Crippen molar-refractivity contribution in [2.24, 2.45) is 0 Å². The molecule has 110 valence electrons. The highest BCUT2D eigenvalue weighted by atomic mass is 79.9. The first-order valence-electron chi connectivity index (χ1n) is 6.28. The lowest BCUT2D eigenvalue weighted by Gasteiger charge is -2.17. The first-order chi connectivity index (χ1) is 10.0. The zero-order valence-electron chi connectivity index (χ0n) is 11.7. The number of carbonyl (C=O) groups is 1. The number of halogens is 1. The fourth-order valence-electron chi connectivity index (χ4n) is 1.90. The molecule has 0 bridgehead atoms. The van der Waals surface area contributed by atoms with Gasteiger partial charge in [0.05, 0.1) is 7.11 Å². The van der Waals surface area contributed by atoms with Crippen LogP contribution in [-0.4, -0.2) is 29.9 Å². The summed E-state index contributed by atoms with van der Waals surface area (Å²) >= 11 is 3.24. The van der Waals surface area contributed by atoms with E-state index in [-0.39, 0.29) is 11.5 Å². The Kier molecular flexibility index (Phi) is 4.80. The highest BCUT2D eigenvalue weighted by molar-refractivity contribution is 9.10. The number of amides is 1. The smallest absolute Gasteiger partial charge is 0.260 e. The molecular formula is C15H15BrN2O3. The van der Waals surface area contributed by atoms with Crippen molar-refractivity contribution in [3.63, 3.8) is 0 Å². The summed E-state index contributed by atoms with van der Waals surface area (Å²) in [5.74, 6) is 0.435. The number of aromatic nitrogens is 1. The van der Waals surface area contributed by atoms with Crippen molar-refractivity contribution in [1.29, 1.82) is 0 Å². The van der Waals surface area contributed by atoms with Crippen LogP contribution in [0.1, 0.15) is 15.9 Å². The molecule has 0 atom stereocenters. The van der Waals surface area contributed by atoms with E-state index >= 15 is 0 Å². The van der Waals surface area contributed by atoms with Gasteiger partial charge < -0.3 is 14.6 Å². The van der Waals surface area contributed by atoms with Crippen molar-refractivity contribution < 1.29 is 9.53 Å². The van der Waals surface area contributed by atoms with Gasteiger partial charge in [0, 0.05) is 24.3 Å². The summed E-state index contributed by atoms with van der Waals surface area (Å²) in [7, 11) is 3.26. The number of rotatable bonds is 4. The summed E-state index contributed by atoms with van der Waals surface area (Å²) in [6.45, 7) is 0.411. The predicted molar refractivity (Wildman–Crippen MR) is 83.6 cm³/mol. The van der Waals surface area contributed by atoms with Crippen molar-refractivity contribution in [3.8, 4) is 5.75 Å². The normalized spacial score (nSPS) is 10.2. The molecule has 2 rings (SSSR count). The van der Waals surface area contributed by atoms with E-state index in [4.69, 9.17) is 4.74 Å². The van der Waals surface area contributed by atoms with E-state index in [0.29, 0.717) is 11.0 Å². The molecule has 1 amide bonds. The molecular weight excluding hydrogens is 336 g/mol. The molecule has 0 aliphatic rings. The Morgan fingerprint density at radius 1 is 1.33 bits per heavy atom. The zero-order valence-corrected chi connectivity index (χ0v) is 13.3. The van der Waals surface area contributed by atoms with Gasteiger partial charge in [-0.25, -0.2) is 0 Å². The van der Waals surface area contributed by atoms with Crippen LogP contribution in [0.5, 0.6) is 5.75 Å². The second kappa shape index (κ2) is 6.58. The Bertz CT molecular complexity index is 695. The van der Waals surface area contributed by atoms with E-state index in [0.717, 1.165) is 11.3 Å². The van der Waals surface area contributed by atoms with Crippen LogP contribution in [0.15, 0.2) is 45.8 Å². The molecule has 5 nitrogen and oxygen atoms in total. The summed E-state index contributed by atoms with van der Waals surface area (Å²) in [5.41, 5.74) is 0.670. The minimum absolute atomic E-state index is 0.111. The average molecular weight is 351 g/mol. The lowest BCUT2D eigenvalue weighted by Crippen LogP contribution is -2.31. The first-order valence-corrected chi connectivity index (χ1v) is 7.07. The molecule has 0 spiro atoms. The van der Waals surface area contributed by atoms with Crippen LogP contribution >= 0.6 is 15.9 Å². The van der Waals surface area contributed by atoms with Gasteiger partial charge in [0.25, 0.3) is 11.5 Å².